The second-order valence-electron chi connectivity index (χ2n) is 8.46. The van der Waals surface area contributed by atoms with Gasteiger partial charge in [0.05, 0.1) is 12.7 Å². The Morgan fingerprint density at radius 2 is 1.17 bits per heavy atom. The minimum Gasteiger partial charge on any atom is -0.496 e. The van der Waals surface area contributed by atoms with Gasteiger partial charge in [0.1, 0.15) is 11.5 Å². The Morgan fingerprint density at radius 3 is 1.60 bits per heavy atom. The quantitative estimate of drug-likeness (QED) is 0.362. The van der Waals surface area contributed by atoms with Crippen molar-refractivity contribution < 1.29 is 14.3 Å². The fraction of sp³-hybridized carbons (Fsp3) is 0.296. The molecule has 3 aromatic rings. The van der Waals surface area contributed by atoms with Gasteiger partial charge in [0.2, 0.25) is 0 Å². The van der Waals surface area contributed by atoms with Gasteiger partial charge in [-0.15, -0.1) is 0 Å². The molecular weight excluding hydrogens is 372 g/mol. The maximum Gasteiger partial charge on any atom is 0.343 e. The van der Waals surface area contributed by atoms with E-state index in [4.69, 9.17) is 9.47 Å². The molecule has 30 heavy (non-hydrogen) atoms. The standard InChI is InChI=1S/C27H30O3/c1-17-13-22(14-18(2)24(17)29-7)27(5,6)23-15-19(3)25(20(4)16-23)30-26(28)21-11-9-8-10-12-21/h8-16H,1-7H3. The Bertz CT molecular complexity index is 1030. The number of hydrogen-bond acceptors (Lipinski definition) is 3. The molecule has 0 N–H and O–H groups in total. The van der Waals surface area contributed by atoms with Gasteiger partial charge in [-0.25, -0.2) is 4.79 Å². The normalized spacial score (nSPS) is 11.3. The largest absolute Gasteiger partial charge is 0.496 e. The molecule has 0 fully saturated rings. The second-order valence-corrected chi connectivity index (χ2v) is 8.46. The van der Waals surface area contributed by atoms with Gasteiger partial charge in [0, 0.05) is 5.41 Å². The van der Waals surface area contributed by atoms with Gasteiger partial charge in [-0.3, -0.25) is 0 Å². The van der Waals surface area contributed by atoms with Crippen LogP contribution in [0.4, 0.5) is 0 Å². The summed E-state index contributed by atoms with van der Waals surface area (Å²) in [6.07, 6.45) is 0. The third-order valence-electron chi connectivity index (χ3n) is 5.77. The van der Waals surface area contributed by atoms with Gasteiger partial charge in [-0.2, -0.15) is 0 Å². The van der Waals surface area contributed by atoms with E-state index >= 15 is 0 Å². The summed E-state index contributed by atoms with van der Waals surface area (Å²) in [5, 5.41) is 0. The number of rotatable bonds is 5. The fourth-order valence-corrected chi connectivity index (χ4v) is 4.00. The maximum absolute atomic E-state index is 12.5. The lowest BCUT2D eigenvalue weighted by Crippen LogP contribution is -2.20. The summed E-state index contributed by atoms with van der Waals surface area (Å²) in [5.74, 6) is 1.23. The van der Waals surface area contributed by atoms with Crippen LogP contribution in [0.1, 0.15) is 57.6 Å². The Labute approximate surface area is 179 Å². The third-order valence-corrected chi connectivity index (χ3v) is 5.77. The van der Waals surface area contributed by atoms with Crippen molar-refractivity contribution in [3.05, 3.63) is 93.5 Å². The molecule has 3 heteroatoms. The van der Waals surface area contributed by atoms with E-state index in [1.54, 1.807) is 19.2 Å². The van der Waals surface area contributed by atoms with Crippen molar-refractivity contribution in [1.29, 1.82) is 0 Å². The van der Waals surface area contributed by atoms with Crippen molar-refractivity contribution in [2.75, 3.05) is 7.11 Å². The van der Waals surface area contributed by atoms with Crippen LogP contribution in [0, 0.1) is 27.7 Å². The van der Waals surface area contributed by atoms with Crippen LogP contribution in [-0.4, -0.2) is 13.1 Å². The number of carbonyl (C=O) groups excluding carboxylic acids is 1. The zero-order valence-electron chi connectivity index (χ0n) is 18.9. The first-order valence-corrected chi connectivity index (χ1v) is 10.2. The summed E-state index contributed by atoms with van der Waals surface area (Å²) in [5.41, 5.74) is 6.90. The van der Waals surface area contributed by atoms with Crippen LogP contribution in [0.2, 0.25) is 0 Å². The minimum atomic E-state index is -0.338. The topological polar surface area (TPSA) is 35.5 Å². The molecule has 0 heterocycles. The number of hydrogen-bond donors (Lipinski definition) is 0. The SMILES string of the molecule is COc1c(C)cc(C(C)(C)c2cc(C)c(OC(=O)c3ccccc3)c(C)c2)cc1C. The Kier molecular flexibility index (Phi) is 6.02. The van der Waals surface area contributed by atoms with Crippen molar-refractivity contribution in [2.45, 2.75) is 47.0 Å². The lowest BCUT2D eigenvalue weighted by Gasteiger charge is -2.29. The minimum absolute atomic E-state index is 0.209. The second kappa shape index (κ2) is 8.35. The lowest BCUT2D eigenvalue weighted by molar-refractivity contribution is 0.0732. The van der Waals surface area contributed by atoms with Gasteiger partial charge in [0.15, 0.2) is 0 Å². The van der Waals surface area contributed by atoms with Crippen molar-refractivity contribution in [3.8, 4) is 11.5 Å². The molecular formula is C27H30O3. The number of aryl methyl sites for hydroxylation is 4. The van der Waals surface area contributed by atoms with Crippen molar-refractivity contribution in [3.63, 3.8) is 0 Å². The lowest BCUT2D eigenvalue weighted by atomic mass is 9.76. The monoisotopic (exact) mass is 402 g/mol. The van der Waals surface area contributed by atoms with Crippen LogP contribution >= 0.6 is 0 Å². The zero-order chi connectivity index (χ0) is 22.1. The predicted molar refractivity (Wildman–Crippen MR) is 122 cm³/mol. The van der Waals surface area contributed by atoms with E-state index in [1.165, 1.54) is 11.1 Å². The first-order valence-electron chi connectivity index (χ1n) is 10.2. The molecule has 0 amide bonds. The van der Waals surface area contributed by atoms with Crippen molar-refractivity contribution >= 4 is 5.97 Å². The zero-order valence-corrected chi connectivity index (χ0v) is 18.9. The summed E-state index contributed by atoms with van der Waals surface area (Å²) in [6, 6.07) is 17.7. The highest BCUT2D eigenvalue weighted by molar-refractivity contribution is 5.91. The van der Waals surface area contributed by atoms with E-state index in [0.29, 0.717) is 11.3 Å². The highest BCUT2D eigenvalue weighted by Gasteiger charge is 2.26. The van der Waals surface area contributed by atoms with Crippen LogP contribution in [0.5, 0.6) is 11.5 Å². The van der Waals surface area contributed by atoms with Crippen LogP contribution in [-0.2, 0) is 5.41 Å². The van der Waals surface area contributed by atoms with E-state index in [1.807, 2.05) is 32.0 Å². The van der Waals surface area contributed by atoms with E-state index in [0.717, 1.165) is 28.0 Å². The van der Waals surface area contributed by atoms with E-state index in [2.05, 4.69) is 52.0 Å². The van der Waals surface area contributed by atoms with Gasteiger partial charge in [-0.1, -0.05) is 56.3 Å². The van der Waals surface area contributed by atoms with Crippen LogP contribution in [0.3, 0.4) is 0 Å². The Hall–Kier alpha value is -3.07. The molecule has 0 spiro atoms. The molecule has 3 aromatic carbocycles. The molecule has 0 aliphatic rings. The molecule has 0 aliphatic heterocycles. The highest BCUT2D eigenvalue weighted by atomic mass is 16.5. The average molecular weight is 403 g/mol. The van der Waals surface area contributed by atoms with E-state index in [9.17, 15) is 4.79 Å². The maximum atomic E-state index is 12.5. The average Bonchev–Trinajstić information content (AvgIpc) is 2.70. The number of methoxy groups -OCH3 is 1. The molecule has 0 saturated heterocycles. The number of benzene rings is 3. The highest BCUT2D eigenvalue weighted by Crippen LogP contribution is 2.38. The van der Waals surface area contributed by atoms with Gasteiger partial charge < -0.3 is 9.47 Å². The summed E-state index contributed by atoms with van der Waals surface area (Å²) in [7, 11) is 1.71. The first-order chi connectivity index (χ1) is 14.1. The predicted octanol–water partition coefficient (Wildman–Crippen LogP) is 6.47. The molecule has 0 atom stereocenters. The van der Waals surface area contributed by atoms with Crippen molar-refractivity contribution in [1.82, 2.24) is 0 Å². The van der Waals surface area contributed by atoms with E-state index in [-0.39, 0.29) is 11.4 Å². The van der Waals surface area contributed by atoms with Gasteiger partial charge >= 0.3 is 5.97 Å². The summed E-state index contributed by atoms with van der Waals surface area (Å²) >= 11 is 0. The molecule has 0 bridgehead atoms. The molecule has 0 radical (unpaired) electrons. The van der Waals surface area contributed by atoms with Crippen LogP contribution < -0.4 is 9.47 Å². The number of esters is 1. The summed E-state index contributed by atoms with van der Waals surface area (Å²) in [4.78, 5) is 12.5. The molecule has 0 unspecified atom stereocenters. The molecule has 0 aliphatic carbocycles. The first kappa shape index (κ1) is 21.6. The van der Waals surface area contributed by atoms with Crippen LogP contribution in [0.15, 0.2) is 54.6 Å². The van der Waals surface area contributed by atoms with Crippen LogP contribution in [0.25, 0.3) is 0 Å². The third kappa shape index (κ3) is 4.11. The van der Waals surface area contributed by atoms with Gasteiger partial charge in [-0.05, 0) is 73.2 Å². The smallest absolute Gasteiger partial charge is 0.343 e. The summed E-state index contributed by atoms with van der Waals surface area (Å²) < 4.78 is 11.3. The van der Waals surface area contributed by atoms with E-state index < -0.39 is 0 Å². The number of ether oxygens (including phenoxy) is 2. The Balaban J connectivity index is 1.97. The molecule has 0 aromatic heterocycles. The molecule has 156 valence electrons. The molecule has 3 rings (SSSR count). The molecule has 3 nitrogen and oxygen atoms in total. The fourth-order valence-electron chi connectivity index (χ4n) is 4.00. The Morgan fingerprint density at radius 1 is 0.733 bits per heavy atom. The number of carbonyl (C=O) groups is 1. The molecule has 0 saturated carbocycles. The van der Waals surface area contributed by atoms with Crippen molar-refractivity contribution in [2.24, 2.45) is 0 Å². The van der Waals surface area contributed by atoms with Gasteiger partial charge in [0.25, 0.3) is 0 Å². The summed E-state index contributed by atoms with van der Waals surface area (Å²) in [6.45, 7) is 12.6.